The number of fused-ring (bicyclic) bond motifs is 1. The average molecular weight is 322 g/mol. The third-order valence-corrected chi connectivity index (χ3v) is 5.75. The van der Waals surface area contributed by atoms with Crippen LogP contribution in [0.3, 0.4) is 0 Å². The van der Waals surface area contributed by atoms with Gasteiger partial charge in [-0.15, -0.1) is 0 Å². The topological polar surface area (TPSA) is 26.7 Å². The fourth-order valence-electron chi connectivity index (χ4n) is 4.22. The summed E-state index contributed by atoms with van der Waals surface area (Å²) in [4.78, 5) is 4.90. The van der Waals surface area contributed by atoms with Gasteiger partial charge < -0.3 is 5.11 Å². The molecule has 0 aliphatic carbocycles. The van der Waals surface area contributed by atoms with Crippen LogP contribution in [-0.2, 0) is 13.0 Å². The summed E-state index contributed by atoms with van der Waals surface area (Å²) in [6.07, 6.45) is 0.828. The van der Waals surface area contributed by atoms with Gasteiger partial charge in [0.25, 0.3) is 0 Å². The number of hydrogen-bond donors (Lipinski definition) is 1. The van der Waals surface area contributed by atoms with Crippen LogP contribution in [0.4, 0.5) is 0 Å². The smallest absolute Gasteiger partial charge is 0.0834 e. The molecule has 2 aromatic rings. The molecule has 2 aliphatic rings. The first-order valence-corrected chi connectivity index (χ1v) is 9.00. The van der Waals surface area contributed by atoms with Gasteiger partial charge >= 0.3 is 0 Å². The van der Waals surface area contributed by atoms with Gasteiger partial charge in [-0.2, -0.15) is 0 Å². The van der Waals surface area contributed by atoms with Crippen LogP contribution < -0.4 is 0 Å². The van der Waals surface area contributed by atoms with E-state index in [1.165, 1.54) is 16.7 Å². The molecule has 2 aliphatic heterocycles. The predicted molar refractivity (Wildman–Crippen MR) is 96.8 cm³/mol. The Labute approximate surface area is 144 Å². The maximum atomic E-state index is 10.7. The number of aliphatic hydroxyl groups excluding tert-OH is 1. The Kier molecular flexibility index (Phi) is 4.40. The lowest BCUT2D eigenvalue weighted by molar-refractivity contribution is 0.0745. The van der Waals surface area contributed by atoms with Gasteiger partial charge in [0.05, 0.1) is 6.10 Å². The summed E-state index contributed by atoms with van der Waals surface area (Å²) in [6.45, 7) is 5.96. The minimum absolute atomic E-state index is 0.240. The minimum Gasteiger partial charge on any atom is -0.390 e. The highest BCUT2D eigenvalue weighted by molar-refractivity contribution is 5.29. The number of rotatable bonds is 3. The summed E-state index contributed by atoms with van der Waals surface area (Å²) in [5.74, 6) is 0. The summed E-state index contributed by atoms with van der Waals surface area (Å²) >= 11 is 0. The number of β-amino-alcohol motifs (C(OH)–C–C–N with tert-alkyl or cyclic N) is 1. The Morgan fingerprint density at radius 2 is 1.67 bits per heavy atom. The van der Waals surface area contributed by atoms with Crippen molar-refractivity contribution in [3.05, 3.63) is 71.3 Å². The van der Waals surface area contributed by atoms with Crippen molar-refractivity contribution in [2.45, 2.75) is 38.1 Å². The Morgan fingerprint density at radius 3 is 2.46 bits per heavy atom. The minimum atomic E-state index is -0.263. The van der Waals surface area contributed by atoms with E-state index in [1.54, 1.807) is 0 Å². The molecule has 1 N–H and O–H groups in total. The lowest BCUT2D eigenvalue weighted by atomic mass is 9.98. The predicted octanol–water partition coefficient (Wildman–Crippen LogP) is 2.85. The zero-order valence-corrected chi connectivity index (χ0v) is 14.3. The van der Waals surface area contributed by atoms with Crippen LogP contribution in [-0.4, -0.2) is 46.7 Å². The van der Waals surface area contributed by atoms with Crippen molar-refractivity contribution < 1.29 is 5.11 Å². The molecule has 0 aromatic heterocycles. The van der Waals surface area contributed by atoms with E-state index in [1.807, 2.05) is 0 Å². The van der Waals surface area contributed by atoms with Crippen molar-refractivity contribution in [3.63, 3.8) is 0 Å². The molecule has 1 fully saturated rings. The maximum absolute atomic E-state index is 10.7. The highest BCUT2D eigenvalue weighted by Crippen LogP contribution is 2.29. The first-order valence-electron chi connectivity index (χ1n) is 9.00. The van der Waals surface area contributed by atoms with Crippen LogP contribution in [0.15, 0.2) is 54.6 Å². The second-order valence-electron chi connectivity index (χ2n) is 7.16. The number of benzene rings is 2. The largest absolute Gasteiger partial charge is 0.390 e. The molecule has 1 saturated heterocycles. The van der Waals surface area contributed by atoms with E-state index < -0.39 is 0 Å². The van der Waals surface area contributed by atoms with Crippen molar-refractivity contribution >= 4 is 0 Å². The summed E-state index contributed by atoms with van der Waals surface area (Å²) < 4.78 is 0. The molecule has 126 valence electrons. The highest BCUT2D eigenvalue weighted by atomic mass is 16.3. The third kappa shape index (κ3) is 3.00. The summed E-state index contributed by atoms with van der Waals surface area (Å²) in [5.41, 5.74) is 4.22. The molecular weight excluding hydrogens is 296 g/mol. The van der Waals surface area contributed by atoms with Crippen LogP contribution in [0.2, 0.25) is 0 Å². The van der Waals surface area contributed by atoms with E-state index in [0.717, 1.165) is 32.6 Å². The molecule has 0 bridgehead atoms. The fourth-order valence-corrected chi connectivity index (χ4v) is 4.22. The molecule has 0 amide bonds. The van der Waals surface area contributed by atoms with E-state index >= 15 is 0 Å². The van der Waals surface area contributed by atoms with Gasteiger partial charge in [0.1, 0.15) is 0 Å². The summed E-state index contributed by atoms with van der Waals surface area (Å²) in [7, 11) is 0. The highest BCUT2D eigenvalue weighted by Gasteiger charge is 2.38. The maximum Gasteiger partial charge on any atom is 0.0834 e. The molecule has 2 heterocycles. The van der Waals surface area contributed by atoms with Gasteiger partial charge in [0.2, 0.25) is 0 Å². The number of nitrogens with zero attached hydrogens (tertiary/aromatic N) is 2. The van der Waals surface area contributed by atoms with Crippen LogP contribution in [0.1, 0.15) is 29.7 Å². The SMILES string of the molecule is C[C@@H](c1ccccc1)N1CC(O)C(N2CCc3ccccc3C2)C1. The van der Waals surface area contributed by atoms with Crippen molar-refractivity contribution in [3.8, 4) is 0 Å². The normalized spacial score (nSPS) is 26.2. The number of likely N-dealkylation sites (tertiary alicyclic amines) is 1. The second-order valence-corrected chi connectivity index (χ2v) is 7.16. The molecule has 2 aromatic carbocycles. The zero-order valence-electron chi connectivity index (χ0n) is 14.3. The number of aliphatic hydroxyl groups is 1. The molecule has 2 unspecified atom stereocenters. The average Bonchev–Trinajstić information content (AvgIpc) is 3.03. The first kappa shape index (κ1) is 15.8. The second kappa shape index (κ2) is 6.67. The van der Waals surface area contributed by atoms with Crippen LogP contribution >= 0.6 is 0 Å². The van der Waals surface area contributed by atoms with Gasteiger partial charge in [-0.25, -0.2) is 0 Å². The molecule has 3 nitrogen and oxygen atoms in total. The molecule has 0 saturated carbocycles. The summed E-state index contributed by atoms with van der Waals surface area (Å²) in [6, 6.07) is 19.9. The van der Waals surface area contributed by atoms with E-state index in [-0.39, 0.29) is 12.1 Å². The lowest BCUT2D eigenvalue weighted by Crippen LogP contribution is -2.45. The van der Waals surface area contributed by atoms with Gasteiger partial charge in [-0.1, -0.05) is 54.6 Å². The van der Waals surface area contributed by atoms with Gasteiger partial charge in [-0.05, 0) is 30.0 Å². The van der Waals surface area contributed by atoms with Gasteiger partial charge in [0.15, 0.2) is 0 Å². The van der Waals surface area contributed by atoms with E-state index in [4.69, 9.17) is 0 Å². The number of hydrogen-bond acceptors (Lipinski definition) is 3. The van der Waals surface area contributed by atoms with E-state index in [0.29, 0.717) is 6.04 Å². The van der Waals surface area contributed by atoms with Crippen LogP contribution in [0, 0.1) is 0 Å². The van der Waals surface area contributed by atoms with Crippen molar-refractivity contribution in [1.29, 1.82) is 0 Å². The Balaban J connectivity index is 1.46. The molecule has 0 radical (unpaired) electrons. The third-order valence-electron chi connectivity index (χ3n) is 5.75. The fraction of sp³-hybridized carbons (Fsp3) is 0.429. The first-order chi connectivity index (χ1) is 11.7. The quantitative estimate of drug-likeness (QED) is 0.941. The molecule has 3 heteroatoms. The molecule has 0 spiro atoms. The van der Waals surface area contributed by atoms with E-state index in [9.17, 15) is 5.11 Å². The van der Waals surface area contributed by atoms with Crippen molar-refractivity contribution in [2.24, 2.45) is 0 Å². The van der Waals surface area contributed by atoms with Gasteiger partial charge in [0, 0.05) is 38.3 Å². The standard InChI is InChI=1S/C21H26N2O/c1-16(17-7-3-2-4-8-17)23-14-20(21(24)15-23)22-12-11-18-9-5-6-10-19(18)13-22/h2-10,16,20-21,24H,11-15H2,1H3/t16-,20?,21?/m0/s1. The van der Waals surface area contributed by atoms with Gasteiger partial charge in [-0.3, -0.25) is 9.80 Å². The molecule has 3 atom stereocenters. The lowest BCUT2D eigenvalue weighted by Gasteiger charge is -2.35. The molecule has 24 heavy (non-hydrogen) atoms. The van der Waals surface area contributed by atoms with Crippen LogP contribution in [0.5, 0.6) is 0 Å². The Hall–Kier alpha value is -1.68. The molecular formula is C21H26N2O. The Morgan fingerprint density at radius 1 is 0.958 bits per heavy atom. The summed E-state index contributed by atoms with van der Waals surface area (Å²) in [5, 5.41) is 10.7. The van der Waals surface area contributed by atoms with E-state index in [2.05, 4.69) is 71.3 Å². The van der Waals surface area contributed by atoms with Crippen LogP contribution in [0.25, 0.3) is 0 Å². The monoisotopic (exact) mass is 322 g/mol. The zero-order chi connectivity index (χ0) is 16.5. The Bertz CT molecular complexity index is 687. The van der Waals surface area contributed by atoms with Crippen molar-refractivity contribution in [1.82, 2.24) is 9.80 Å². The van der Waals surface area contributed by atoms with Crippen molar-refractivity contribution in [2.75, 3.05) is 19.6 Å². The molecule has 4 rings (SSSR count).